The van der Waals surface area contributed by atoms with Crippen molar-refractivity contribution in [1.29, 1.82) is 0 Å². The summed E-state index contributed by atoms with van der Waals surface area (Å²) in [6.45, 7) is 4.11. The van der Waals surface area contributed by atoms with Crippen LogP contribution in [-0.2, 0) is 9.53 Å². The van der Waals surface area contributed by atoms with E-state index in [2.05, 4.69) is 4.90 Å². The molecule has 1 rings (SSSR count). The van der Waals surface area contributed by atoms with E-state index in [1.54, 1.807) is 0 Å². The van der Waals surface area contributed by atoms with E-state index in [4.69, 9.17) is 15.6 Å². The van der Waals surface area contributed by atoms with Gasteiger partial charge in [0.15, 0.2) is 0 Å². The second-order valence-corrected chi connectivity index (χ2v) is 3.73. The number of nitrogens with two attached hydrogens (primary N) is 1. The van der Waals surface area contributed by atoms with Crippen molar-refractivity contribution in [2.75, 3.05) is 26.2 Å². The molecule has 0 aromatic heterocycles. The lowest BCUT2D eigenvalue weighted by molar-refractivity contribution is -0.120. The number of primary amides is 1. The molecular weight excluding hydrogens is 184 g/mol. The predicted octanol–water partition coefficient (Wildman–Crippen LogP) is -1.06. The smallest absolute Gasteiger partial charge is 0.218 e. The van der Waals surface area contributed by atoms with Crippen LogP contribution in [0.3, 0.4) is 0 Å². The molecule has 1 aliphatic rings. The Bertz CT molecular complexity index is 198. The lowest BCUT2D eigenvalue weighted by atomic mass is 10.2. The van der Waals surface area contributed by atoms with Crippen molar-refractivity contribution in [2.45, 2.75) is 25.6 Å². The monoisotopic (exact) mass is 202 g/mol. The number of amides is 1. The van der Waals surface area contributed by atoms with Gasteiger partial charge in [0.05, 0.1) is 18.8 Å². The maximum atomic E-state index is 10.6. The predicted molar refractivity (Wildman–Crippen MR) is 51.7 cm³/mol. The van der Waals surface area contributed by atoms with Crippen LogP contribution in [0.25, 0.3) is 0 Å². The van der Waals surface area contributed by atoms with Gasteiger partial charge in [-0.05, 0) is 6.92 Å². The third-order valence-electron chi connectivity index (χ3n) is 2.28. The van der Waals surface area contributed by atoms with Crippen LogP contribution in [0.15, 0.2) is 0 Å². The fraction of sp³-hybridized carbons (Fsp3) is 0.889. The molecule has 2 unspecified atom stereocenters. The van der Waals surface area contributed by atoms with E-state index in [-0.39, 0.29) is 24.7 Å². The first-order chi connectivity index (χ1) is 6.61. The summed E-state index contributed by atoms with van der Waals surface area (Å²) < 4.78 is 5.46. The second-order valence-electron chi connectivity index (χ2n) is 3.73. The van der Waals surface area contributed by atoms with Crippen LogP contribution >= 0.6 is 0 Å². The quantitative estimate of drug-likeness (QED) is 0.609. The van der Waals surface area contributed by atoms with E-state index in [1.165, 1.54) is 0 Å². The standard InChI is InChI=1S/C9H18N2O3/c1-7-4-11(3-2-9(10)13)5-8(6-12)14-7/h7-8,12H,2-6H2,1H3,(H2,10,13). The molecule has 1 amide bonds. The van der Waals surface area contributed by atoms with Crippen molar-refractivity contribution >= 4 is 5.91 Å². The molecule has 14 heavy (non-hydrogen) atoms. The Balaban J connectivity index is 2.33. The van der Waals surface area contributed by atoms with E-state index in [0.29, 0.717) is 19.5 Å². The maximum absolute atomic E-state index is 10.6. The minimum Gasteiger partial charge on any atom is -0.394 e. The molecule has 5 nitrogen and oxygen atoms in total. The first-order valence-electron chi connectivity index (χ1n) is 4.88. The van der Waals surface area contributed by atoms with E-state index < -0.39 is 0 Å². The van der Waals surface area contributed by atoms with Crippen molar-refractivity contribution in [1.82, 2.24) is 4.90 Å². The molecule has 0 bridgehead atoms. The van der Waals surface area contributed by atoms with Crippen LogP contribution in [0, 0.1) is 0 Å². The summed E-state index contributed by atoms with van der Waals surface area (Å²) in [5, 5.41) is 8.96. The number of aliphatic hydroxyl groups excluding tert-OH is 1. The molecule has 0 spiro atoms. The lowest BCUT2D eigenvalue weighted by Gasteiger charge is -2.35. The van der Waals surface area contributed by atoms with Gasteiger partial charge in [0.2, 0.25) is 5.91 Å². The number of ether oxygens (including phenoxy) is 1. The zero-order valence-corrected chi connectivity index (χ0v) is 8.48. The van der Waals surface area contributed by atoms with Gasteiger partial charge in [-0.15, -0.1) is 0 Å². The molecule has 1 aliphatic heterocycles. The fourth-order valence-electron chi connectivity index (χ4n) is 1.69. The van der Waals surface area contributed by atoms with Gasteiger partial charge in [-0.1, -0.05) is 0 Å². The second kappa shape index (κ2) is 5.29. The van der Waals surface area contributed by atoms with Crippen molar-refractivity contribution in [3.05, 3.63) is 0 Å². The number of carbonyl (C=O) groups is 1. The first-order valence-corrected chi connectivity index (χ1v) is 4.88. The summed E-state index contributed by atoms with van der Waals surface area (Å²) in [7, 11) is 0. The van der Waals surface area contributed by atoms with Gasteiger partial charge in [-0.2, -0.15) is 0 Å². The van der Waals surface area contributed by atoms with Crippen molar-refractivity contribution in [3.63, 3.8) is 0 Å². The molecule has 82 valence electrons. The summed E-state index contributed by atoms with van der Waals surface area (Å²) in [5.41, 5.74) is 5.07. The van der Waals surface area contributed by atoms with Crippen LogP contribution in [0.4, 0.5) is 0 Å². The third-order valence-corrected chi connectivity index (χ3v) is 2.28. The highest BCUT2D eigenvalue weighted by atomic mass is 16.5. The van der Waals surface area contributed by atoms with Crippen molar-refractivity contribution in [2.24, 2.45) is 5.73 Å². The minimum atomic E-state index is -0.287. The summed E-state index contributed by atoms with van der Waals surface area (Å²) in [5.74, 6) is -0.287. The van der Waals surface area contributed by atoms with Gasteiger partial charge >= 0.3 is 0 Å². The molecule has 0 saturated carbocycles. The van der Waals surface area contributed by atoms with Crippen LogP contribution < -0.4 is 5.73 Å². The summed E-state index contributed by atoms with van der Waals surface area (Å²) >= 11 is 0. The molecule has 1 saturated heterocycles. The molecule has 2 atom stereocenters. The van der Waals surface area contributed by atoms with Gasteiger partial charge in [-0.3, -0.25) is 9.69 Å². The summed E-state index contributed by atoms with van der Waals surface area (Å²) in [6.07, 6.45) is 0.339. The molecule has 0 aromatic carbocycles. The molecule has 0 radical (unpaired) electrons. The van der Waals surface area contributed by atoms with Crippen LogP contribution in [-0.4, -0.2) is 54.4 Å². The number of nitrogens with zero attached hydrogens (tertiary/aromatic N) is 1. The summed E-state index contributed by atoms with van der Waals surface area (Å²) in [4.78, 5) is 12.7. The Hall–Kier alpha value is -0.650. The Labute approximate surface area is 83.8 Å². The molecule has 1 heterocycles. The van der Waals surface area contributed by atoms with Gasteiger partial charge in [0.25, 0.3) is 0 Å². The van der Waals surface area contributed by atoms with E-state index in [0.717, 1.165) is 6.54 Å². The minimum absolute atomic E-state index is 0.0252. The summed E-state index contributed by atoms with van der Waals surface area (Å²) in [6, 6.07) is 0. The van der Waals surface area contributed by atoms with Crippen LogP contribution in [0.5, 0.6) is 0 Å². The van der Waals surface area contributed by atoms with Crippen molar-refractivity contribution < 1.29 is 14.6 Å². The zero-order valence-electron chi connectivity index (χ0n) is 8.48. The average Bonchev–Trinajstić information content (AvgIpc) is 2.14. The first kappa shape index (κ1) is 11.4. The average molecular weight is 202 g/mol. The molecule has 0 aromatic rings. The molecular formula is C9H18N2O3. The highest BCUT2D eigenvalue weighted by Gasteiger charge is 2.24. The highest BCUT2D eigenvalue weighted by Crippen LogP contribution is 2.10. The van der Waals surface area contributed by atoms with Gasteiger partial charge in [-0.25, -0.2) is 0 Å². The Kier molecular flexibility index (Phi) is 4.31. The van der Waals surface area contributed by atoms with Gasteiger partial charge in [0.1, 0.15) is 0 Å². The number of hydrogen-bond donors (Lipinski definition) is 2. The van der Waals surface area contributed by atoms with Gasteiger partial charge < -0.3 is 15.6 Å². The largest absolute Gasteiger partial charge is 0.394 e. The number of aliphatic hydroxyl groups is 1. The molecule has 3 N–H and O–H groups in total. The highest BCUT2D eigenvalue weighted by molar-refractivity contribution is 5.73. The third kappa shape index (κ3) is 3.61. The van der Waals surface area contributed by atoms with E-state index >= 15 is 0 Å². The Morgan fingerprint density at radius 1 is 1.64 bits per heavy atom. The number of carbonyl (C=O) groups excluding carboxylic acids is 1. The van der Waals surface area contributed by atoms with Crippen LogP contribution in [0.2, 0.25) is 0 Å². The zero-order chi connectivity index (χ0) is 10.6. The number of hydrogen-bond acceptors (Lipinski definition) is 4. The lowest BCUT2D eigenvalue weighted by Crippen LogP contribution is -2.48. The molecule has 1 fully saturated rings. The van der Waals surface area contributed by atoms with Gasteiger partial charge in [0, 0.05) is 26.1 Å². The van der Waals surface area contributed by atoms with E-state index in [1.807, 2.05) is 6.92 Å². The fourth-order valence-corrected chi connectivity index (χ4v) is 1.69. The maximum Gasteiger partial charge on any atom is 0.218 e. The Morgan fingerprint density at radius 3 is 2.93 bits per heavy atom. The number of morpholine rings is 1. The van der Waals surface area contributed by atoms with Crippen molar-refractivity contribution in [3.8, 4) is 0 Å². The topological polar surface area (TPSA) is 75.8 Å². The number of rotatable bonds is 4. The van der Waals surface area contributed by atoms with E-state index in [9.17, 15) is 4.79 Å². The molecule has 0 aliphatic carbocycles. The molecule has 5 heteroatoms. The normalized spacial score (nSPS) is 29.0. The van der Waals surface area contributed by atoms with Crippen LogP contribution in [0.1, 0.15) is 13.3 Å². The Morgan fingerprint density at radius 2 is 2.36 bits per heavy atom. The SMILES string of the molecule is CC1CN(CCC(N)=O)CC(CO)O1.